The highest BCUT2D eigenvalue weighted by molar-refractivity contribution is 5.72. The largest absolute Gasteiger partial charge is 0.466 e. The third-order valence-corrected chi connectivity index (χ3v) is 1.05. The van der Waals surface area contributed by atoms with Crippen LogP contribution in [0.15, 0.2) is 0 Å². The zero-order valence-corrected chi connectivity index (χ0v) is 9.05. The van der Waals surface area contributed by atoms with Gasteiger partial charge >= 0.3 is 5.97 Å². The Morgan fingerprint density at radius 1 is 1.08 bits per heavy atom. The Bertz CT molecular complexity index is 137. The van der Waals surface area contributed by atoms with Crippen LogP contribution < -0.4 is 0 Å². The van der Waals surface area contributed by atoms with Crippen molar-refractivity contribution in [2.75, 3.05) is 6.61 Å². The first-order chi connectivity index (χ1) is 6.00. The van der Waals surface area contributed by atoms with Crippen molar-refractivity contribution in [3.8, 4) is 0 Å². The molecule has 0 unspecified atom stereocenters. The highest BCUT2D eigenvalue weighted by Crippen LogP contribution is 1.93. The smallest absolute Gasteiger partial charge is 0.302 e. The van der Waals surface area contributed by atoms with Gasteiger partial charge in [0.2, 0.25) is 0 Å². The number of Topliss-reactive ketones (excluding diaryl/α,β-unsaturated/α-hetero) is 1. The number of esters is 1. The molecule has 0 fully saturated rings. The van der Waals surface area contributed by atoms with Gasteiger partial charge in [-0.25, -0.2) is 0 Å². The van der Waals surface area contributed by atoms with Crippen LogP contribution >= 0.6 is 0 Å². The van der Waals surface area contributed by atoms with E-state index in [0.717, 1.165) is 12.8 Å². The number of unbranched alkanes of at least 4 members (excludes halogenated alkanes) is 2. The summed E-state index contributed by atoms with van der Waals surface area (Å²) in [6.07, 6.45) is 3.31. The summed E-state index contributed by atoms with van der Waals surface area (Å²) in [5, 5.41) is 0. The lowest BCUT2D eigenvalue weighted by molar-refractivity contribution is -0.141. The molecule has 0 spiro atoms. The fraction of sp³-hybridized carbons (Fsp3) is 0.800. The average Bonchev–Trinajstić information content (AvgIpc) is 1.97. The maximum absolute atomic E-state index is 10.2. The van der Waals surface area contributed by atoms with Crippen LogP contribution in [0.25, 0.3) is 0 Å². The Morgan fingerprint density at radius 2 is 1.54 bits per heavy atom. The van der Waals surface area contributed by atoms with Gasteiger partial charge in [-0.2, -0.15) is 0 Å². The summed E-state index contributed by atoms with van der Waals surface area (Å²) in [5.41, 5.74) is 0. The van der Waals surface area contributed by atoms with Crippen LogP contribution in [-0.2, 0) is 14.3 Å². The van der Waals surface area contributed by atoms with Crippen molar-refractivity contribution in [3.05, 3.63) is 0 Å². The maximum atomic E-state index is 10.2. The van der Waals surface area contributed by atoms with E-state index in [2.05, 4.69) is 6.92 Å². The Hall–Kier alpha value is -0.860. The van der Waals surface area contributed by atoms with E-state index in [-0.39, 0.29) is 11.8 Å². The molecule has 0 aromatic heterocycles. The quantitative estimate of drug-likeness (QED) is 0.502. The first kappa shape index (κ1) is 14.7. The number of carbonyl (C=O) groups excluding carboxylic acids is 2. The first-order valence-electron chi connectivity index (χ1n) is 4.61. The predicted molar refractivity (Wildman–Crippen MR) is 52.5 cm³/mol. The van der Waals surface area contributed by atoms with Crippen LogP contribution in [0.2, 0.25) is 0 Å². The second-order valence-electron chi connectivity index (χ2n) is 2.96. The summed E-state index contributed by atoms with van der Waals surface area (Å²) in [7, 11) is 0. The summed E-state index contributed by atoms with van der Waals surface area (Å²) in [6, 6.07) is 0. The summed E-state index contributed by atoms with van der Waals surface area (Å²) >= 11 is 0. The van der Waals surface area contributed by atoms with Gasteiger partial charge < -0.3 is 9.53 Å². The number of hydrogen-bond acceptors (Lipinski definition) is 3. The molecule has 0 saturated heterocycles. The van der Waals surface area contributed by atoms with Crippen molar-refractivity contribution in [1.29, 1.82) is 0 Å². The lowest BCUT2D eigenvalue weighted by atomic mass is 10.3. The summed E-state index contributed by atoms with van der Waals surface area (Å²) < 4.78 is 4.70. The lowest BCUT2D eigenvalue weighted by Crippen LogP contribution is -1.99. The van der Waals surface area contributed by atoms with Crippen molar-refractivity contribution < 1.29 is 14.3 Å². The molecule has 0 N–H and O–H groups in total. The van der Waals surface area contributed by atoms with E-state index in [4.69, 9.17) is 4.74 Å². The Balaban J connectivity index is 0. The first-order valence-corrected chi connectivity index (χ1v) is 4.61. The molecule has 3 nitrogen and oxygen atoms in total. The van der Waals surface area contributed by atoms with Gasteiger partial charge in [0.1, 0.15) is 5.78 Å². The van der Waals surface area contributed by atoms with Crippen LogP contribution in [0.5, 0.6) is 0 Å². The van der Waals surface area contributed by atoms with E-state index in [1.54, 1.807) is 0 Å². The van der Waals surface area contributed by atoms with Gasteiger partial charge in [0.25, 0.3) is 0 Å². The minimum Gasteiger partial charge on any atom is -0.466 e. The van der Waals surface area contributed by atoms with E-state index in [0.29, 0.717) is 6.61 Å². The predicted octanol–water partition coefficient (Wildman–Crippen LogP) is 2.33. The van der Waals surface area contributed by atoms with Gasteiger partial charge in [-0.05, 0) is 20.3 Å². The highest BCUT2D eigenvalue weighted by Gasteiger charge is 1.89. The maximum Gasteiger partial charge on any atom is 0.302 e. The Kier molecular flexibility index (Phi) is 12.6. The van der Waals surface area contributed by atoms with E-state index in [9.17, 15) is 9.59 Å². The monoisotopic (exact) mass is 188 g/mol. The molecule has 78 valence electrons. The second-order valence-corrected chi connectivity index (χ2v) is 2.96. The van der Waals surface area contributed by atoms with E-state index in [1.165, 1.54) is 27.2 Å². The molecule has 0 aromatic carbocycles. The summed E-state index contributed by atoms with van der Waals surface area (Å²) in [5.74, 6) is -0.00824. The van der Waals surface area contributed by atoms with Gasteiger partial charge in [-0.3, -0.25) is 4.79 Å². The summed E-state index contributed by atoms with van der Waals surface area (Å²) in [6.45, 7) is 7.20. The SMILES string of the molecule is CC(C)=O.CCCCCOC(C)=O. The van der Waals surface area contributed by atoms with Crippen molar-refractivity contribution >= 4 is 11.8 Å². The molecule has 0 rings (SSSR count). The molecule has 0 atom stereocenters. The molecular weight excluding hydrogens is 168 g/mol. The van der Waals surface area contributed by atoms with Crippen LogP contribution in [0.4, 0.5) is 0 Å². The van der Waals surface area contributed by atoms with Gasteiger partial charge in [-0.15, -0.1) is 0 Å². The molecule has 0 saturated carbocycles. The fourth-order valence-corrected chi connectivity index (χ4v) is 0.568. The van der Waals surface area contributed by atoms with E-state index in [1.807, 2.05) is 0 Å². The Morgan fingerprint density at radius 3 is 1.85 bits per heavy atom. The van der Waals surface area contributed by atoms with Crippen molar-refractivity contribution in [3.63, 3.8) is 0 Å². The summed E-state index contributed by atoms with van der Waals surface area (Å²) in [4.78, 5) is 19.6. The third-order valence-electron chi connectivity index (χ3n) is 1.05. The lowest BCUT2D eigenvalue weighted by Gasteiger charge is -1.98. The zero-order chi connectivity index (χ0) is 10.7. The normalized spacial score (nSPS) is 8.31. The van der Waals surface area contributed by atoms with Crippen molar-refractivity contribution in [2.24, 2.45) is 0 Å². The number of hydrogen-bond donors (Lipinski definition) is 0. The van der Waals surface area contributed by atoms with Crippen molar-refractivity contribution in [1.82, 2.24) is 0 Å². The van der Waals surface area contributed by atoms with E-state index >= 15 is 0 Å². The number of ketones is 1. The molecule has 0 radical (unpaired) electrons. The van der Waals surface area contributed by atoms with E-state index < -0.39 is 0 Å². The molecule has 0 aromatic rings. The van der Waals surface area contributed by atoms with Crippen LogP contribution in [0, 0.1) is 0 Å². The molecule has 0 bridgehead atoms. The molecular formula is C10H20O3. The molecule has 0 aliphatic carbocycles. The van der Waals surface area contributed by atoms with Crippen molar-refractivity contribution in [2.45, 2.75) is 47.0 Å². The molecule has 0 amide bonds. The standard InChI is InChI=1S/C7H14O2.C3H6O/c1-3-4-5-6-9-7(2)8;1-3(2)4/h3-6H2,1-2H3;1-2H3. The third kappa shape index (κ3) is 35.2. The molecule has 0 aliphatic rings. The second kappa shape index (κ2) is 11.1. The zero-order valence-electron chi connectivity index (χ0n) is 9.05. The fourth-order valence-electron chi connectivity index (χ4n) is 0.568. The number of rotatable bonds is 4. The van der Waals surface area contributed by atoms with Gasteiger partial charge in [-0.1, -0.05) is 19.8 Å². The molecule has 13 heavy (non-hydrogen) atoms. The number of carbonyl (C=O) groups is 2. The molecule has 0 aliphatic heterocycles. The molecule has 0 heterocycles. The van der Waals surface area contributed by atoms with Crippen LogP contribution in [0.1, 0.15) is 47.0 Å². The highest BCUT2D eigenvalue weighted by atomic mass is 16.5. The van der Waals surface area contributed by atoms with Gasteiger partial charge in [0, 0.05) is 6.92 Å². The number of ether oxygens (including phenoxy) is 1. The van der Waals surface area contributed by atoms with Crippen LogP contribution in [0.3, 0.4) is 0 Å². The minimum absolute atomic E-state index is 0.167. The van der Waals surface area contributed by atoms with Crippen LogP contribution in [-0.4, -0.2) is 18.4 Å². The van der Waals surface area contributed by atoms with Gasteiger partial charge in [0.05, 0.1) is 6.61 Å². The average molecular weight is 188 g/mol. The van der Waals surface area contributed by atoms with Gasteiger partial charge in [0.15, 0.2) is 0 Å². The molecule has 3 heteroatoms. The Labute approximate surface area is 80.5 Å². The topological polar surface area (TPSA) is 43.4 Å². The minimum atomic E-state index is -0.175.